The van der Waals surface area contributed by atoms with Gasteiger partial charge in [-0.1, -0.05) is 78.9 Å². The average molecular weight is 642 g/mol. The Morgan fingerprint density at radius 1 is 0.723 bits per heavy atom. The van der Waals surface area contributed by atoms with Gasteiger partial charge in [0.05, 0.1) is 0 Å². The predicted molar refractivity (Wildman–Crippen MR) is 195 cm³/mol. The quantitative estimate of drug-likeness (QED) is 0.0818. The molecule has 1 saturated heterocycles. The molecule has 1 aromatic heterocycles. The number of rotatable bonds is 7. The lowest BCUT2D eigenvalue weighted by atomic mass is 9.72. The van der Waals surface area contributed by atoms with Crippen molar-refractivity contribution in [2.75, 3.05) is 29.0 Å². The van der Waals surface area contributed by atoms with Crippen LogP contribution in [0.3, 0.4) is 0 Å². The van der Waals surface area contributed by atoms with Crippen LogP contribution in [0.5, 0.6) is 0 Å². The molecule has 1 aliphatic heterocycles. The van der Waals surface area contributed by atoms with Gasteiger partial charge in [0.25, 0.3) is 0 Å². The molecule has 2 heterocycles. The molecule has 0 bridgehead atoms. The zero-order valence-corrected chi connectivity index (χ0v) is 27.4. The van der Waals surface area contributed by atoms with Gasteiger partial charge in [0.1, 0.15) is 5.60 Å². The van der Waals surface area contributed by atoms with Gasteiger partial charge < -0.3 is 20.6 Å². The molecule has 0 aliphatic carbocycles. The number of nitrogens with one attached hydrogen (secondary N) is 3. The zero-order valence-electron chi connectivity index (χ0n) is 26.6. The number of para-hydroxylation sites is 1. The summed E-state index contributed by atoms with van der Waals surface area (Å²) < 4.78 is 0. The van der Waals surface area contributed by atoms with E-state index in [2.05, 4.69) is 30.8 Å². The van der Waals surface area contributed by atoms with Crippen LogP contribution < -0.4 is 16.0 Å². The summed E-state index contributed by atoms with van der Waals surface area (Å²) in [4.78, 5) is 16.2. The van der Waals surface area contributed by atoms with Crippen LogP contribution in [0.4, 0.5) is 23.0 Å². The summed E-state index contributed by atoms with van der Waals surface area (Å²) in [5.41, 5.74) is 5.22. The van der Waals surface area contributed by atoms with Crippen molar-refractivity contribution in [1.82, 2.24) is 14.9 Å². The SMILES string of the molecule is Cc1cc(C)nc(N/C(=N/C(=S)Nc2ccc(Nc3ccccc3)cc2)N2CCC(C(O)(c3ccccc3)c3ccccc3)CC2)n1. The highest BCUT2D eigenvalue weighted by Crippen LogP contribution is 2.42. The highest BCUT2D eigenvalue weighted by Gasteiger charge is 2.42. The number of hydrogen-bond donors (Lipinski definition) is 4. The van der Waals surface area contributed by atoms with Crippen molar-refractivity contribution in [2.45, 2.75) is 32.3 Å². The molecule has 47 heavy (non-hydrogen) atoms. The molecule has 1 fully saturated rings. The Morgan fingerprint density at radius 3 is 1.77 bits per heavy atom. The standard InChI is InChI=1S/C38H39N7OS/c1-27-26-28(2)40-35(39-27)43-36(44-37(47)42-34-20-18-33(19-21-34)41-32-16-10-5-11-17-32)45-24-22-31(23-25-45)38(46,29-12-6-3-7-13-29)30-14-8-4-9-15-30/h3-21,26,31,41,46H,22-25H2,1-2H3,(H2,39,40,42,43,44,47). The Balaban J connectivity index is 1.21. The van der Waals surface area contributed by atoms with Crippen LogP contribution in [0, 0.1) is 19.8 Å². The predicted octanol–water partition coefficient (Wildman–Crippen LogP) is 7.65. The van der Waals surface area contributed by atoms with Crippen molar-refractivity contribution in [3.05, 3.63) is 144 Å². The molecule has 8 nitrogen and oxygen atoms in total. The Kier molecular flexibility index (Phi) is 9.85. The van der Waals surface area contributed by atoms with E-state index in [-0.39, 0.29) is 5.92 Å². The molecular weight excluding hydrogens is 603 g/mol. The van der Waals surface area contributed by atoms with E-state index in [0.29, 0.717) is 30.1 Å². The first-order valence-electron chi connectivity index (χ1n) is 15.9. The molecule has 0 saturated carbocycles. The first kappa shape index (κ1) is 31.8. The van der Waals surface area contributed by atoms with Gasteiger partial charge in [-0.05, 0) is 98.4 Å². The van der Waals surface area contributed by atoms with E-state index in [1.807, 2.05) is 135 Å². The number of benzene rings is 4. The number of aliphatic imine (C=N–C) groups is 1. The van der Waals surface area contributed by atoms with Crippen molar-refractivity contribution in [3.63, 3.8) is 0 Å². The normalized spacial score (nSPS) is 14.0. The van der Waals surface area contributed by atoms with Gasteiger partial charge in [0, 0.05) is 41.5 Å². The minimum atomic E-state index is -1.12. The van der Waals surface area contributed by atoms with Gasteiger partial charge in [0.2, 0.25) is 17.0 Å². The monoisotopic (exact) mass is 641 g/mol. The maximum atomic E-state index is 12.4. The second kappa shape index (κ2) is 14.5. The molecule has 1 aliphatic rings. The summed E-state index contributed by atoms with van der Waals surface area (Å²) in [6, 6.07) is 39.8. The van der Waals surface area contributed by atoms with E-state index >= 15 is 0 Å². The number of nitrogens with zero attached hydrogens (tertiary/aromatic N) is 4. The van der Waals surface area contributed by atoms with Crippen LogP contribution in [-0.2, 0) is 5.60 Å². The second-order valence-electron chi connectivity index (χ2n) is 11.8. The number of thiocarbonyl (C=S) groups is 1. The molecule has 5 aromatic rings. The Labute approximate surface area is 281 Å². The summed E-state index contributed by atoms with van der Waals surface area (Å²) in [6.45, 7) is 5.20. The van der Waals surface area contributed by atoms with Gasteiger partial charge in [-0.15, -0.1) is 0 Å². The molecule has 0 unspecified atom stereocenters. The van der Waals surface area contributed by atoms with E-state index in [0.717, 1.165) is 52.4 Å². The van der Waals surface area contributed by atoms with E-state index in [1.165, 1.54) is 0 Å². The fraction of sp³-hybridized carbons (Fsp3) is 0.211. The van der Waals surface area contributed by atoms with Gasteiger partial charge in [-0.25, -0.2) is 9.97 Å². The smallest absolute Gasteiger partial charge is 0.229 e. The average Bonchev–Trinajstić information content (AvgIpc) is 3.09. The lowest BCUT2D eigenvalue weighted by Gasteiger charge is -2.43. The number of guanidine groups is 1. The molecule has 0 spiro atoms. The maximum absolute atomic E-state index is 12.4. The molecule has 0 atom stereocenters. The fourth-order valence-corrected chi connectivity index (χ4v) is 6.37. The van der Waals surface area contributed by atoms with E-state index in [9.17, 15) is 5.11 Å². The largest absolute Gasteiger partial charge is 0.380 e. The number of aryl methyl sites for hydroxylation is 2. The Bertz CT molecular complexity index is 1750. The molecule has 6 rings (SSSR count). The minimum Gasteiger partial charge on any atom is -0.380 e. The Morgan fingerprint density at radius 2 is 1.21 bits per heavy atom. The minimum absolute atomic E-state index is 0.00430. The zero-order chi connectivity index (χ0) is 32.6. The van der Waals surface area contributed by atoms with Crippen LogP contribution in [-0.4, -0.2) is 44.1 Å². The van der Waals surface area contributed by atoms with Crippen molar-refractivity contribution < 1.29 is 5.11 Å². The van der Waals surface area contributed by atoms with Crippen LogP contribution in [0.15, 0.2) is 126 Å². The fourth-order valence-electron chi connectivity index (χ4n) is 6.16. The Hall–Kier alpha value is -5.12. The summed E-state index contributed by atoms with van der Waals surface area (Å²) in [5, 5.41) is 22.7. The molecule has 238 valence electrons. The molecule has 9 heteroatoms. The van der Waals surface area contributed by atoms with Crippen LogP contribution in [0.2, 0.25) is 0 Å². The van der Waals surface area contributed by atoms with E-state index < -0.39 is 5.60 Å². The first-order valence-corrected chi connectivity index (χ1v) is 16.3. The van der Waals surface area contributed by atoms with Gasteiger partial charge in [0.15, 0.2) is 0 Å². The lowest BCUT2D eigenvalue weighted by Crippen LogP contribution is -2.48. The summed E-state index contributed by atoms with van der Waals surface area (Å²) in [5.74, 6) is 1.03. The van der Waals surface area contributed by atoms with Crippen molar-refractivity contribution in [1.29, 1.82) is 0 Å². The van der Waals surface area contributed by atoms with Gasteiger partial charge in [-0.2, -0.15) is 4.99 Å². The van der Waals surface area contributed by atoms with Crippen molar-refractivity contribution >= 4 is 46.3 Å². The third-order valence-corrected chi connectivity index (χ3v) is 8.62. The van der Waals surface area contributed by atoms with Crippen molar-refractivity contribution in [2.24, 2.45) is 10.9 Å². The summed E-state index contributed by atoms with van der Waals surface area (Å²) in [6.07, 6.45) is 1.48. The van der Waals surface area contributed by atoms with Crippen LogP contribution in [0.1, 0.15) is 35.4 Å². The maximum Gasteiger partial charge on any atom is 0.229 e. The number of hydrogen-bond acceptors (Lipinski definition) is 5. The molecule has 4 N–H and O–H groups in total. The lowest BCUT2D eigenvalue weighted by molar-refractivity contribution is -0.00653. The highest BCUT2D eigenvalue weighted by molar-refractivity contribution is 7.80. The van der Waals surface area contributed by atoms with Crippen LogP contribution in [0.25, 0.3) is 0 Å². The first-order chi connectivity index (χ1) is 22.9. The van der Waals surface area contributed by atoms with Gasteiger partial charge >= 0.3 is 0 Å². The number of anilines is 4. The van der Waals surface area contributed by atoms with Crippen LogP contribution >= 0.6 is 12.2 Å². The molecular formula is C38H39N7OS. The third kappa shape index (κ3) is 7.82. The number of likely N-dealkylation sites (tertiary alicyclic amines) is 1. The third-order valence-electron chi connectivity index (χ3n) is 8.43. The second-order valence-corrected chi connectivity index (χ2v) is 12.2. The summed E-state index contributed by atoms with van der Waals surface area (Å²) >= 11 is 5.74. The number of aromatic nitrogens is 2. The topological polar surface area (TPSA) is 97.7 Å². The van der Waals surface area contributed by atoms with E-state index in [1.54, 1.807) is 0 Å². The van der Waals surface area contributed by atoms with E-state index in [4.69, 9.17) is 17.2 Å². The molecule has 0 radical (unpaired) electrons. The van der Waals surface area contributed by atoms with Crippen molar-refractivity contribution in [3.8, 4) is 0 Å². The number of piperidine rings is 1. The molecule has 4 aromatic carbocycles. The molecule has 0 amide bonds. The number of aliphatic hydroxyl groups is 1. The van der Waals surface area contributed by atoms with Gasteiger partial charge in [-0.3, -0.25) is 5.32 Å². The summed E-state index contributed by atoms with van der Waals surface area (Å²) in [7, 11) is 0. The highest BCUT2D eigenvalue weighted by atomic mass is 32.1.